The maximum absolute atomic E-state index is 11.3. The van der Waals surface area contributed by atoms with E-state index in [4.69, 9.17) is 5.11 Å². The number of carboxylic acid groups (broad SMARTS) is 1. The van der Waals surface area contributed by atoms with Crippen LogP contribution < -0.4 is 9.44 Å². The van der Waals surface area contributed by atoms with Crippen molar-refractivity contribution in [2.45, 2.75) is 18.9 Å². The summed E-state index contributed by atoms with van der Waals surface area (Å²) in [7, 11) is -3.98. The number of rotatable bonds is 3. The van der Waals surface area contributed by atoms with Gasteiger partial charge in [-0.3, -0.25) is 0 Å². The second-order valence-corrected chi connectivity index (χ2v) is 5.35. The lowest BCUT2D eigenvalue weighted by Crippen LogP contribution is -2.44. The van der Waals surface area contributed by atoms with Crippen molar-refractivity contribution in [2.24, 2.45) is 0 Å². The third kappa shape index (κ3) is 2.95. The molecule has 0 saturated heterocycles. The van der Waals surface area contributed by atoms with Gasteiger partial charge in [-0.1, -0.05) is 24.3 Å². The summed E-state index contributed by atoms with van der Waals surface area (Å²) >= 11 is 0. The fraction of sp³-hybridized carbons (Fsp3) is 0.300. The minimum Gasteiger partial charge on any atom is -0.464 e. The first-order valence-electron chi connectivity index (χ1n) is 5.06. The fourth-order valence-corrected chi connectivity index (χ4v) is 2.90. The largest absolute Gasteiger partial charge is 0.464 e. The normalized spacial score (nSPS) is 15.5. The first kappa shape index (κ1) is 11.9. The Morgan fingerprint density at radius 3 is 2.24 bits per heavy atom. The van der Waals surface area contributed by atoms with E-state index >= 15 is 0 Å². The molecule has 0 radical (unpaired) electrons. The van der Waals surface area contributed by atoms with Crippen molar-refractivity contribution in [1.29, 1.82) is 0 Å². The van der Waals surface area contributed by atoms with E-state index in [1.807, 2.05) is 24.3 Å². The molecule has 2 rings (SSSR count). The number of amides is 1. The first-order chi connectivity index (χ1) is 7.96. The molecule has 1 aliphatic carbocycles. The quantitative estimate of drug-likeness (QED) is 0.722. The van der Waals surface area contributed by atoms with E-state index in [2.05, 4.69) is 4.72 Å². The Bertz CT molecular complexity index is 516. The molecule has 3 N–H and O–H groups in total. The van der Waals surface area contributed by atoms with Gasteiger partial charge in [0.25, 0.3) is 0 Å². The van der Waals surface area contributed by atoms with Gasteiger partial charge < -0.3 is 5.11 Å². The minimum atomic E-state index is -3.98. The lowest BCUT2D eigenvalue weighted by Gasteiger charge is -2.11. The molecule has 0 unspecified atom stereocenters. The molecule has 6 nitrogen and oxygen atoms in total. The summed E-state index contributed by atoms with van der Waals surface area (Å²) in [5.41, 5.74) is 2.19. The fourth-order valence-electron chi connectivity index (χ4n) is 2.01. The highest BCUT2D eigenvalue weighted by Gasteiger charge is 2.25. The Balaban J connectivity index is 2.03. The highest BCUT2D eigenvalue weighted by atomic mass is 32.2. The van der Waals surface area contributed by atoms with Gasteiger partial charge in [0, 0.05) is 6.04 Å². The van der Waals surface area contributed by atoms with E-state index < -0.39 is 16.3 Å². The molecule has 0 fully saturated rings. The van der Waals surface area contributed by atoms with Crippen molar-refractivity contribution in [3.8, 4) is 0 Å². The van der Waals surface area contributed by atoms with Crippen molar-refractivity contribution >= 4 is 16.3 Å². The summed E-state index contributed by atoms with van der Waals surface area (Å²) in [5.74, 6) is 0. The van der Waals surface area contributed by atoms with Gasteiger partial charge in [0.05, 0.1) is 0 Å². The van der Waals surface area contributed by atoms with Crippen LogP contribution in [0.1, 0.15) is 11.1 Å². The standard InChI is InChI=1S/C10H12N2O4S/c13-10(14)12-17(15,16)11-9-5-7-3-1-2-4-8(7)6-9/h1-4,9,11-12H,5-6H2,(H,13,14). The van der Waals surface area contributed by atoms with Gasteiger partial charge in [-0.05, 0) is 24.0 Å². The van der Waals surface area contributed by atoms with Crippen LogP contribution in [0.25, 0.3) is 0 Å². The van der Waals surface area contributed by atoms with Crippen LogP contribution in [0.3, 0.4) is 0 Å². The van der Waals surface area contributed by atoms with Gasteiger partial charge >= 0.3 is 16.3 Å². The molecule has 0 atom stereocenters. The maximum atomic E-state index is 11.3. The van der Waals surface area contributed by atoms with Gasteiger partial charge in [-0.15, -0.1) is 0 Å². The van der Waals surface area contributed by atoms with Gasteiger partial charge in [-0.2, -0.15) is 13.1 Å². The van der Waals surface area contributed by atoms with Gasteiger partial charge in [0.15, 0.2) is 0 Å². The first-order valence-corrected chi connectivity index (χ1v) is 6.54. The van der Waals surface area contributed by atoms with Crippen molar-refractivity contribution in [3.63, 3.8) is 0 Å². The zero-order chi connectivity index (χ0) is 12.5. The summed E-state index contributed by atoms with van der Waals surface area (Å²) in [5, 5.41) is 8.37. The SMILES string of the molecule is O=C(O)NS(=O)(=O)NC1Cc2ccccc2C1. The number of hydrogen-bond donors (Lipinski definition) is 3. The number of fused-ring (bicyclic) bond motifs is 1. The molecule has 1 aliphatic rings. The highest BCUT2D eigenvalue weighted by molar-refractivity contribution is 7.88. The molecule has 0 saturated carbocycles. The minimum absolute atomic E-state index is 0.288. The second-order valence-electron chi connectivity index (χ2n) is 3.90. The molecule has 7 heteroatoms. The van der Waals surface area contributed by atoms with Crippen LogP contribution in [0.4, 0.5) is 4.79 Å². The van der Waals surface area contributed by atoms with E-state index in [1.54, 1.807) is 0 Å². The van der Waals surface area contributed by atoms with E-state index in [1.165, 1.54) is 4.72 Å². The lowest BCUT2D eigenvalue weighted by molar-refractivity contribution is 0.201. The van der Waals surface area contributed by atoms with Crippen LogP contribution in [-0.4, -0.2) is 25.7 Å². The third-order valence-electron chi connectivity index (χ3n) is 2.59. The Labute approximate surface area is 98.8 Å². The van der Waals surface area contributed by atoms with Crippen molar-refractivity contribution < 1.29 is 18.3 Å². The molecule has 0 spiro atoms. The number of carbonyl (C=O) groups is 1. The van der Waals surface area contributed by atoms with E-state index in [0.717, 1.165) is 11.1 Å². The molecule has 1 aromatic rings. The van der Waals surface area contributed by atoms with Crippen molar-refractivity contribution in [1.82, 2.24) is 9.44 Å². The molecule has 92 valence electrons. The van der Waals surface area contributed by atoms with E-state index in [-0.39, 0.29) is 6.04 Å². The molecule has 0 aliphatic heterocycles. The number of hydrogen-bond acceptors (Lipinski definition) is 3. The molecule has 0 bridgehead atoms. The summed E-state index contributed by atoms with van der Waals surface area (Å²) in [6.07, 6.45) is -0.430. The van der Waals surface area contributed by atoms with Crippen LogP contribution in [0.5, 0.6) is 0 Å². The molecule has 1 aromatic carbocycles. The van der Waals surface area contributed by atoms with Crippen LogP contribution in [0.15, 0.2) is 24.3 Å². The van der Waals surface area contributed by atoms with E-state index in [0.29, 0.717) is 12.8 Å². The summed E-state index contributed by atoms with van der Waals surface area (Å²) < 4.78 is 26.5. The maximum Gasteiger partial charge on any atom is 0.419 e. The van der Waals surface area contributed by atoms with Crippen molar-refractivity contribution in [3.05, 3.63) is 35.4 Å². The lowest BCUT2D eigenvalue weighted by atomic mass is 10.1. The van der Waals surface area contributed by atoms with Crippen LogP contribution >= 0.6 is 0 Å². The summed E-state index contributed by atoms with van der Waals surface area (Å²) in [6.45, 7) is 0. The number of nitrogens with one attached hydrogen (secondary N) is 2. The molecular formula is C10H12N2O4S. The topological polar surface area (TPSA) is 95.5 Å². The van der Waals surface area contributed by atoms with Gasteiger partial charge in [0.1, 0.15) is 0 Å². The van der Waals surface area contributed by atoms with Gasteiger partial charge in [-0.25, -0.2) is 9.52 Å². The monoisotopic (exact) mass is 256 g/mol. The Morgan fingerprint density at radius 2 is 1.76 bits per heavy atom. The van der Waals surface area contributed by atoms with Crippen LogP contribution in [0, 0.1) is 0 Å². The zero-order valence-corrected chi connectivity index (χ0v) is 9.70. The highest BCUT2D eigenvalue weighted by Crippen LogP contribution is 2.21. The second kappa shape index (κ2) is 4.34. The zero-order valence-electron chi connectivity index (χ0n) is 8.88. The number of benzene rings is 1. The molecular weight excluding hydrogens is 244 g/mol. The molecule has 1 amide bonds. The van der Waals surface area contributed by atoms with Crippen LogP contribution in [-0.2, 0) is 23.1 Å². The molecule has 0 aromatic heterocycles. The predicted molar refractivity (Wildman–Crippen MR) is 60.9 cm³/mol. The van der Waals surface area contributed by atoms with Gasteiger partial charge in [0.2, 0.25) is 0 Å². The molecule has 17 heavy (non-hydrogen) atoms. The van der Waals surface area contributed by atoms with Crippen LogP contribution in [0.2, 0.25) is 0 Å². The predicted octanol–water partition coefficient (Wildman–Crippen LogP) is 0.256. The van der Waals surface area contributed by atoms with Crippen molar-refractivity contribution in [2.75, 3.05) is 0 Å². The average Bonchev–Trinajstić information content (AvgIpc) is 2.55. The third-order valence-corrected chi connectivity index (χ3v) is 3.68. The van der Waals surface area contributed by atoms with E-state index in [9.17, 15) is 13.2 Å². The smallest absolute Gasteiger partial charge is 0.419 e. The summed E-state index contributed by atoms with van der Waals surface area (Å²) in [6, 6.07) is 7.38. The Hall–Kier alpha value is -1.60. The Kier molecular flexibility index (Phi) is 3.03. The average molecular weight is 256 g/mol. The Morgan fingerprint density at radius 1 is 1.24 bits per heavy atom. The summed E-state index contributed by atoms with van der Waals surface area (Å²) in [4.78, 5) is 10.3. The molecule has 0 heterocycles.